The van der Waals surface area contributed by atoms with Crippen LogP contribution in [0.1, 0.15) is 23.2 Å². The van der Waals surface area contributed by atoms with E-state index in [4.69, 9.17) is 11.6 Å². The number of aromatic carboxylic acids is 1. The minimum Gasteiger partial charge on any atom is -0.478 e. The lowest BCUT2D eigenvalue weighted by Crippen LogP contribution is -2.36. The van der Waals surface area contributed by atoms with Gasteiger partial charge < -0.3 is 14.9 Å². The molecule has 4 nitrogen and oxygen atoms in total. The Morgan fingerprint density at radius 2 is 2.10 bits per heavy atom. The van der Waals surface area contributed by atoms with Crippen LogP contribution in [-0.4, -0.2) is 49.7 Å². The fourth-order valence-corrected chi connectivity index (χ4v) is 3.02. The summed E-state index contributed by atoms with van der Waals surface area (Å²) in [5.74, 6) is -0.363. The van der Waals surface area contributed by atoms with E-state index < -0.39 is 5.97 Å². The topological polar surface area (TPSA) is 43.8 Å². The molecular weight excluding hydrogens is 276 g/mol. The quantitative estimate of drug-likeness (QED) is 0.928. The number of hydrogen-bond acceptors (Lipinski definition) is 3. The standard InChI is InChI=1S/C15H21ClN2O2/c1-17-8-6-11(7-9-17)10-18(2)13-5-3-4-12(16)14(13)15(19)20/h3-5,11H,6-10H2,1-2H3,(H,19,20). The highest BCUT2D eigenvalue weighted by Crippen LogP contribution is 2.28. The van der Waals surface area contributed by atoms with Gasteiger partial charge in [0.2, 0.25) is 0 Å². The van der Waals surface area contributed by atoms with Gasteiger partial charge in [-0.1, -0.05) is 17.7 Å². The van der Waals surface area contributed by atoms with Crippen molar-refractivity contribution in [2.45, 2.75) is 12.8 Å². The SMILES string of the molecule is CN1CCC(CN(C)c2cccc(Cl)c2C(=O)O)CC1. The molecule has 1 aromatic rings. The Morgan fingerprint density at radius 1 is 1.45 bits per heavy atom. The molecule has 1 N–H and O–H groups in total. The van der Waals surface area contributed by atoms with Crippen LogP contribution in [0.25, 0.3) is 0 Å². The average Bonchev–Trinajstić information content (AvgIpc) is 2.40. The zero-order valence-electron chi connectivity index (χ0n) is 12.0. The van der Waals surface area contributed by atoms with E-state index in [1.54, 1.807) is 12.1 Å². The average molecular weight is 297 g/mol. The third-order valence-corrected chi connectivity index (χ3v) is 4.30. The number of carbonyl (C=O) groups is 1. The van der Waals surface area contributed by atoms with Crippen molar-refractivity contribution in [1.29, 1.82) is 0 Å². The third-order valence-electron chi connectivity index (χ3n) is 3.99. The molecule has 2 rings (SSSR count). The largest absolute Gasteiger partial charge is 0.478 e. The van der Waals surface area contributed by atoms with E-state index in [-0.39, 0.29) is 5.56 Å². The summed E-state index contributed by atoms with van der Waals surface area (Å²) in [6.07, 6.45) is 2.31. The molecule has 0 atom stereocenters. The van der Waals surface area contributed by atoms with E-state index in [1.807, 2.05) is 18.0 Å². The minimum atomic E-state index is -0.971. The second-order valence-corrected chi connectivity index (χ2v) is 5.97. The second-order valence-electron chi connectivity index (χ2n) is 5.57. The molecule has 0 amide bonds. The molecule has 0 aliphatic carbocycles. The molecule has 1 aliphatic heterocycles. The highest BCUT2D eigenvalue weighted by molar-refractivity contribution is 6.34. The van der Waals surface area contributed by atoms with E-state index >= 15 is 0 Å². The Kier molecular flexibility index (Phi) is 4.89. The molecule has 0 aromatic heterocycles. The zero-order valence-corrected chi connectivity index (χ0v) is 12.7. The van der Waals surface area contributed by atoms with Crippen LogP contribution in [0.4, 0.5) is 5.69 Å². The first-order chi connectivity index (χ1) is 9.49. The summed E-state index contributed by atoms with van der Waals surface area (Å²) < 4.78 is 0. The smallest absolute Gasteiger partial charge is 0.339 e. The monoisotopic (exact) mass is 296 g/mol. The number of nitrogens with zero attached hydrogens (tertiary/aromatic N) is 2. The predicted octanol–water partition coefficient (Wildman–Crippen LogP) is 2.82. The molecule has 1 heterocycles. The molecule has 1 aromatic carbocycles. The Balaban J connectivity index is 2.11. The first-order valence-electron chi connectivity index (χ1n) is 6.90. The van der Waals surface area contributed by atoms with Crippen molar-refractivity contribution in [3.8, 4) is 0 Å². The van der Waals surface area contributed by atoms with E-state index in [9.17, 15) is 9.90 Å². The lowest BCUT2D eigenvalue weighted by Gasteiger charge is -2.33. The van der Waals surface area contributed by atoms with Gasteiger partial charge in [0.1, 0.15) is 5.56 Å². The number of benzene rings is 1. The summed E-state index contributed by atoms with van der Waals surface area (Å²) in [7, 11) is 4.08. The van der Waals surface area contributed by atoms with Gasteiger partial charge in [0.25, 0.3) is 0 Å². The first-order valence-corrected chi connectivity index (χ1v) is 7.28. The molecule has 0 unspecified atom stereocenters. The van der Waals surface area contributed by atoms with Gasteiger partial charge in [-0.2, -0.15) is 0 Å². The molecule has 0 spiro atoms. The number of halogens is 1. The van der Waals surface area contributed by atoms with Gasteiger partial charge in [-0.25, -0.2) is 4.79 Å². The fourth-order valence-electron chi connectivity index (χ4n) is 2.77. The highest BCUT2D eigenvalue weighted by atomic mass is 35.5. The number of piperidine rings is 1. The van der Waals surface area contributed by atoms with Crippen molar-refractivity contribution in [3.63, 3.8) is 0 Å². The zero-order chi connectivity index (χ0) is 14.7. The number of carboxylic acids is 1. The minimum absolute atomic E-state index is 0.199. The van der Waals surface area contributed by atoms with Gasteiger partial charge >= 0.3 is 5.97 Å². The predicted molar refractivity (Wildman–Crippen MR) is 81.9 cm³/mol. The van der Waals surface area contributed by atoms with Crippen LogP contribution < -0.4 is 4.90 Å². The van der Waals surface area contributed by atoms with Gasteiger partial charge in [0.05, 0.1) is 10.7 Å². The number of hydrogen-bond donors (Lipinski definition) is 1. The van der Waals surface area contributed by atoms with Crippen LogP contribution in [-0.2, 0) is 0 Å². The lowest BCUT2D eigenvalue weighted by atomic mass is 9.96. The van der Waals surface area contributed by atoms with Crippen LogP contribution in [0.5, 0.6) is 0 Å². The third kappa shape index (κ3) is 3.44. The summed E-state index contributed by atoms with van der Waals surface area (Å²) >= 11 is 6.02. The summed E-state index contributed by atoms with van der Waals surface area (Å²) in [5, 5.41) is 9.61. The fraction of sp³-hybridized carbons (Fsp3) is 0.533. The van der Waals surface area contributed by atoms with Crippen LogP contribution in [0.2, 0.25) is 5.02 Å². The highest BCUT2D eigenvalue weighted by Gasteiger charge is 2.21. The molecule has 0 saturated carbocycles. The van der Waals surface area contributed by atoms with E-state index in [0.717, 1.165) is 32.5 Å². The number of carboxylic acid groups (broad SMARTS) is 1. The van der Waals surface area contributed by atoms with Crippen molar-refractivity contribution in [1.82, 2.24) is 4.90 Å². The Hall–Kier alpha value is -1.26. The Labute approximate surface area is 124 Å². The molecule has 110 valence electrons. The molecule has 0 radical (unpaired) electrons. The van der Waals surface area contributed by atoms with E-state index in [1.165, 1.54) is 0 Å². The number of likely N-dealkylation sites (tertiary alicyclic amines) is 1. The molecular formula is C15H21ClN2O2. The molecule has 0 bridgehead atoms. The van der Waals surface area contributed by atoms with Crippen molar-refractivity contribution >= 4 is 23.3 Å². The molecule has 1 saturated heterocycles. The van der Waals surface area contributed by atoms with Crippen LogP contribution in [0.3, 0.4) is 0 Å². The van der Waals surface area contributed by atoms with Crippen LogP contribution >= 0.6 is 11.6 Å². The molecule has 20 heavy (non-hydrogen) atoms. The maximum absolute atomic E-state index is 11.4. The van der Waals surface area contributed by atoms with E-state index in [0.29, 0.717) is 16.6 Å². The van der Waals surface area contributed by atoms with Crippen molar-refractivity contribution < 1.29 is 9.90 Å². The summed E-state index contributed by atoms with van der Waals surface area (Å²) in [6.45, 7) is 3.09. The second kappa shape index (κ2) is 6.46. The van der Waals surface area contributed by atoms with Gasteiger partial charge in [-0.05, 0) is 51.0 Å². The van der Waals surface area contributed by atoms with Crippen molar-refractivity contribution in [3.05, 3.63) is 28.8 Å². The normalized spacial score (nSPS) is 17.1. The summed E-state index contributed by atoms with van der Waals surface area (Å²) in [6, 6.07) is 5.25. The van der Waals surface area contributed by atoms with Gasteiger partial charge in [-0.3, -0.25) is 0 Å². The molecule has 1 aliphatic rings. The van der Waals surface area contributed by atoms with Gasteiger partial charge in [-0.15, -0.1) is 0 Å². The van der Waals surface area contributed by atoms with Crippen molar-refractivity contribution in [2.24, 2.45) is 5.92 Å². The molecule has 1 fully saturated rings. The summed E-state index contributed by atoms with van der Waals surface area (Å²) in [4.78, 5) is 15.7. The number of anilines is 1. The number of rotatable bonds is 4. The Morgan fingerprint density at radius 3 is 2.70 bits per heavy atom. The lowest BCUT2D eigenvalue weighted by molar-refractivity contribution is 0.0697. The van der Waals surface area contributed by atoms with Gasteiger partial charge in [0, 0.05) is 13.6 Å². The summed E-state index contributed by atoms with van der Waals surface area (Å²) in [5.41, 5.74) is 0.897. The Bertz CT molecular complexity index is 485. The van der Waals surface area contributed by atoms with Crippen LogP contribution in [0.15, 0.2) is 18.2 Å². The van der Waals surface area contributed by atoms with Crippen LogP contribution in [0, 0.1) is 5.92 Å². The van der Waals surface area contributed by atoms with Crippen molar-refractivity contribution in [2.75, 3.05) is 38.6 Å². The van der Waals surface area contributed by atoms with E-state index in [2.05, 4.69) is 11.9 Å². The van der Waals surface area contributed by atoms with Gasteiger partial charge in [0.15, 0.2) is 0 Å². The maximum atomic E-state index is 11.4. The molecule has 5 heteroatoms. The first kappa shape index (κ1) is 15.1. The maximum Gasteiger partial charge on any atom is 0.339 e.